The van der Waals surface area contributed by atoms with Crippen LogP contribution in [0.2, 0.25) is 0 Å². The Morgan fingerprint density at radius 1 is 0.811 bits per heavy atom. The smallest absolute Gasteiger partial charge is 0.137 e. The van der Waals surface area contributed by atoms with Crippen molar-refractivity contribution >= 4 is 23.3 Å². The van der Waals surface area contributed by atoms with E-state index in [0.717, 1.165) is 93.1 Å². The average Bonchev–Trinajstić information content (AvgIpc) is 2.98. The van der Waals surface area contributed by atoms with Gasteiger partial charge in [0.05, 0.1) is 44.0 Å². The standard InChI is InChI=1S/C29H33N5O3/c1-2-23-20-30-22-34(25-6-4-24(5-7-25)33-13-17-36-18-14-33)29(23)27(3-1)28-9-8-26(21-31-28)37-19-12-32-10-15-35-16-11-32/h1-9,20-21H,10-19,22H2. The molecule has 0 radical (unpaired) electrons. The molecule has 0 aliphatic carbocycles. The number of pyridine rings is 1. The van der Waals surface area contributed by atoms with Gasteiger partial charge in [-0.3, -0.25) is 14.9 Å². The van der Waals surface area contributed by atoms with Gasteiger partial charge in [0.2, 0.25) is 0 Å². The molecular formula is C29H33N5O3. The molecular weight excluding hydrogens is 466 g/mol. The molecule has 2 aromatic carbocycles. The van der Waals surface area contributed by atoms with E-state index in [1.807, 2.05) is 24.5 Å². The first-order chi connectivity index (χ1) is 18.3. The van der Waals surface area contributed by atoms with Crippen LogP contribution in [0.25, 0.3) is 11.3 Å². The normalized spacial score (nSPS) is 18.1. The fraction of sp³-hybridized carbons (Fsp3) is 0.379. The van der Waals surface area contributed by atoms with Gasteiger partial charge in [-0.2, -0.15) is 0 Å². The Morgan fingerprint density at radius 2 is 1.57 bits per heavy atom. The molecule has 192 valence electrons. The van der Waals surface area contributed by atoms with Gasteiger partial charge in [-0.25, -0.2) is 0 Å². The predicted molar refractivity (Wildman–Crippen MR) is 147 cm³/mol. The summed E-state index contributed by atoms with van der Waals surface area (Å²) in [6.07, 6.45) is 3.78. The van der Waals surface area contributed by atoms with E-state index in [4.69, 9.17) is 19.2 Å². The number of aliphatic imine (C=N–C) groups is 1. The molecule has 3 aliphatic heterocycles. The minimum atomic E-state index is 0.573. The first-order valence-electron chi connectivity index (χ1n) is 13.1. The predicted octanol–water partition coefficient (Wildman–Crippen LogP) is 3.82. The summed E-state index contributed by atoms with van der Waals surface area (Å²) in [4.78, 5) is 16.4. The summed E-state index contributed by atoms with van der Waals surface area (Å²) in [6, 6.07) is 19.1. The van der Waals surface area contributed by atoms with Crippen molar-refractivity contribution in [3.05, 3.63) is 66.4 Å². The third kappa shape index (κ3) is 5.46. The van der Waals surface area contributed by atoms with Crippen molar-refractivity contribution in [3.8, 4) is 17.0 Å². The zero-order valence-corrected chi connectivity index (χ0v) is 21.1. The van der Waals surface area contributed by atoms with Gasteiger partial charge in [0.15, 0.2) is 0 Å². The largest absolute Gasteiger partial charge is 0.491 e. The Bertz CT molecular complexity index is 1200. The van der Waals surface area contributed by atoms with Crippen LogP contribution in [0.5, 0.6) is 5.75 Å². The monoisotopic (exact) mass is 499 g/mol. The molecule has 6 rings (SSSR count). The molecule has 2 saturated heterocycles. The van der Waals surface area contributed by atoms with E-state index in [1.165, 1.54) is 5.69 Å². The molecule has 3 aromatic rings. The number of hydrogen-bond acceptors (Lipinski definition) is 8. The van der Waals surface area contributed by atoms with Crippen LogP contribution in [0, 0.1) is 0 Å². The number of anilines is 3. The molecule has 1 aromatic heterocycles. The van der Waals surface area contributed by atoms with Crippen molar-refractivity contribution < 1.29 is 14.2 Å². The molecule has 0 bridgehead atoms. The molecule has 0 saturated carbocycles. The second kappa shape index (κ2) is 11.3. The molecule has 37 heavy (non-hydrogen) atoms. The van der Waals surface area contributed by atoms with Crippen LogP contribution in [-0.4, -0.2) is 88.5 Å². The van der Waals surface area contributed by atoms with Crippen molar-refractivity contribution in [1.82, 2.24) is 9.88 Å². The van der Waals surface area contributed by atoms with E-state index in [9.17, 15) is 0 Å². The minimum absolute atomic E-state index is 0.573. The molecule has 0 atom stereocenters. The number of rotatable bonds is 7. The van der Waals surface area contributed by atoms with Crippen LogP contribution in [0.1, 0.15) is 5.56 Å². The van der Waals surface area contributed by atoms with Gasteiger partial charge in [-0.15, -0.1) is 0 Å². The topological polar surface area (TPSA) is 62.7 Å². The Labute approximate surface area is 218 Å². The summed E-state index contributed by atoms with van der Waals surface area (Å²) in [7, 11) is 0. The highest BCUT2D eigenvalue weighted by molar-refractivity contribution is 5.98. The zero-order chi connectivity index (χ0) is 24.9. The third-order valence-electron chi connectivity index (χ3n) is 7.12. The number of benzene rings is 2. The van der Waals surface area contributed by atoms with Crippen LogP contribution in [0.15, 0.2) is 65.8 Å². The van der Waals surface area contributed by atoms with Crippen LogP contribution in [0.4, 0.5) is 17.1 Å². The minimum Gasteiger partial charge on any atom is -0.491 e. The maximum absolute atomic E-state index is 5.98. The Hall–Kier alpha value is -3.46. The number of fused-ring (bicyclic) bond motifs is 1. The van der Waals surface area contributed by atoms with E-state index in [0.29, 0.717) is 13.3 Å². The van der Waals surface area contributed by atoms with Crippen molar-refractivity contribution in [3.63, 3.8) is 0 Å². The van der Waals surface area contributed by atoms with Gasteiger partial charge in [0, 0.05) is 61.4 Å². The highest BCUT2D eigenvalue weighted by Crippen LogP contribution is 2.39. The van der Waals surface area contributed by atoms with Crippen LogP contribution in [-0.2, 0) is 9.47 Å². The lowest BCUT2D eigenvalue weighted by atomic mass is 10.0. The first-order valence-corrected chi connectivity index (χ1v) is 13.1. The Morgan fingerprint density at radius 3 is 2.32 bits per heavy atom. The van der Waals surface area contributed by atoms with Crippen molar-refractivity contribution in [2.75, 3.05) is 82.2 Å². The van der Waals surface area contributed by atoms with Crippen molar-refractivity contribution in [2.45, 2.75) is 0 Å². The Kier molecular flexibility index (Phi) is 7.30. The van der Waals surface area contributed by atoms with Crippen molar-refractivity contribution in [2.24, 2.45) is 4.99 Å². The molecule has 4 heterocycles. The second-order valence-corrected chi connectivity index (χ2v) is 9.42. The van der Waals surface area contributed by atoms with Crippen molar-refractivity contribution in [1.29, 1.82) is 0 Å². The summed E-state index contributed by atoms with van der Waals surface area (Å²) in [6.45, 7) is 9.08. The van der Waals surface area contributed by atoms with Crippen LogP contribution in [0.3, 0.4) is 0 Å². The summed E-state index contributed by atoms with van der Waals surface area (Å²) in [5, 5.41) is 0. The van der Waals surface area contributed by atoms with Gasteiger partial charge in [0.25, 0.3) is 0 Å². The zero-order valence-electron chi connectivity index (χ0n) is 21.1. The van der Waals surface area contributed by atoms with Gasteiger partial charge in [-0.1, -0.05) is 18.2 Å². The van der Waals surface area contributed by atoms with E-state index >= 15 is 0 Å². The molecule has 0 unspecified atom stereocenters. The van der Waals surface area contributed by atoms with Gasteiger partial charge >= 0.3 is 0 Å². The quantitative estimate of drug-likeness (QED) is 0.490. The number of aromatic nitrogens is 1. The second-order valence-electron chi connectivity index (χ2n) is 9.42. The summed E-state index contributed by atoms with van der Waals surface area (Å²) in [5.41, 5.74) is 6.57. The SMILES string of the molecule is C1=NCN(c2ccc(N3CCOCC3)cc2)c2c1cccc2-c1ccc(OCCN2CCOCC2)cn1. The first kappa shape index (κ1) is 23.9. The van der Waals surface area contributed by atoms with Gasteiger partial charge in [0.1, 0.15) is 19.0 Å². The summed E-state index contributed by atoms with van der Waals surface area (Å²) < 4.78 is 16.9. The number of para-hydroxylation sites is 1. The summed E-state index contributed by atoms with van der Waals surface area (Å²) in [5.74, 6) is 0.791. The molecule has 0 amide bonds. The average molecular weight is 500 g/mol. The van der Waals surface area contributed by atoms with E-state index in [-0.39, 0.29) is 0 Å². The van der Waals surface area contributed by atoms with Crippen LogP contribution < -0.4 is 14.5 Å². The van der Waals surface area contributed by atoms with E-state index < -0.39 is 0 Å². The Balaban J connectivity index is 1.19. The lowest BCUT2D eigenvalue weighted by Gasteiger charge is -2.31. The molecule has 3 aliphatic rings. The summed E-state index contributed by atoms with van der Waals surface area (Å²) >= 11 is 0. The van der Waals surface area contributed by atoms with Gasteiger partial charge in [-0.05, 0) is 36.4 Å². The van der Waals surface area contributed by atoms with E-state index in [2.05, 4.69) is 62.2 Å². The fourth-order valence-electron chi connectivity index (χ4n) is 5.08. The highest BCUT2D eigenvalue weighted by atomic mass is 16.5. The van der Waals surface area contributed by atoms with E-state index in [1.54, 1.807) is 0 Å². The van der Waals surface area contributed by atoms with Crippen LogP contribution >= 0.6 is 0 Å². The highest BCUT2D eigenvalue weighted by Gasteiger charge is 2.21. The third-order valence-corrected chi connectivity index (χ3v) is 7.12. The molecule has 0 N–H and O–H groups in total. The lowest BCUT2D eigenvalue weighted by Crippen LogP contribution is -2.38. The lowest BCUT2D eigenvalue weighted by molar-refractivity contribution is 0.0322. The van der Waals surface area contributed by atoms with Gasteiger partial charge < -0.3 is 24.0 Å². The molecule has 8 nitrogen and oxygen atoms in total. The molecule has 2 fully saturated rings. The number of ether oxygens (including phenoxy) is 3. The number of nitrogens with zero attached hydrogens (tertiary/aromatic N) is 5. The molecule has 8 heteroatoms. The number of hydrogen-bond donors (Lipinski definition) is 0. The maximum Gasteiger partial charge on any atom is 0.137 e. The fourth-order valence-corrected chi connectivity index (χ4v) is 5.08. The number of morpholine rings is 2. The maximum atomic E-state index is 5.98. The molecule has 0 spiro atoms.